The molecule has 0 aliphatic rings. The largest absolute Gasteiger partial charge is 0.455 e. The monoisotopic (exact) mass is 434 g/mol. The van der Waals surface area contributed by atoms with Gasteiger partial charge in [0.1, 0.15) is 5.60 Å². The smallest absolute Gasteiger partial charge is 0.357 e. The number of carbonyl (C=O) groups is 1. The molecular formula is C24H26N4O4. The van der Waals surface area contributed by atoms with Crippen LogP contribution in [0, 0.1) is 0 Å². The molecule has 0 radical (unpaired) electrons. The van der Waals surface area contributed by atoms with E-state index in [0.717, 1.165) is 10.3 Å². The maximum Gasteiger partial charge on any atom is 0.357 e. The van der Waals surface area contributed by atoms with E-state index in [4.69, 9.17) is 4.74 Å². The van der Waals surface area contributed by atoms with Gasteiger partial charge in [-0.1, -0.05) is 12.1 Å². The normalized spacial score (nSPS) is 11.8. The summed E-state index contributed by atoms with van der Waals surface area (Å²) in [5, 5.41) is 0.949. The minimum absolute atomic E-state index is 0.133. The zero-order valence-corrected chi connectivity index (χ0v) is 19.0. The van der Waals surface area contributed by atoms with Gasteiger partial charge in [-0.05, 0) is 51.1 Å². The van der Waals surface area contributed by atoms with Crippen LogP contribution in [-0.2, 0) is 11.8 Å². The second-order valence-electron chi connectivity index (χ2n) is 8.97. The molecule has 1 N–H and O–H groups in total. The Bertz CT molecular complexity index is 1480. The van der Waals surface area contributed by atoms with Gasteiger partial charge in [-0.15, -0.1) is 0 Å². The molecule has 0 amide bonds. The summed E-state index contributed by atoms with van der Waals surface area (Å²) in [5.41, 5.74) is 0.466. The van der Waals surface area contributed by atoms with Crippen LogP contribution in [-0.4, -0.2) is 39.8 Å². The van der Waals surface area contributed by atoms with Crippen LogP contribution >= 0.6 is 0 Å². The van der Waals surface area contributed by atoms with Crippen LogP contribution in [0.3, 0.4) is 0 Å². The molecule has 0 aliphatic carbocycles. The first-order chi connectivity index (χ1) is 15.0. The zero-order valence-electron chi connectivity index (χ0n) is 19.0. The number of benzene rings is 2. The number of nitrogens with zero attached hydrogens (tertiary/aromatic N) is 3. The second-order valence-corrected chi connectivity index (χ2v) is 8.97. The summed E-state index contributed by atoms with van der Waals surface area (Å²) in [5.74, 6) is -0.614. The van der Waals surface area contributed by atoms with Crippen molar-refractivity contribution in [3.8, 4) is 5.69 Å². The maximum atomic E-state index is 13.5. The van der Waals surface area contributed by atoms with Crippen molar-refractivity contribution in [2.45, 2.75) is 26.4 Å². The molecule has 0 saturated carbocycles. The molecule has 166 valence electrons. The summed E-state index contributed by atoms with van der Waals surface area (Å²) >= 11 is 0. The summed E-state index contributed by atoms with van der Waals surface area (Å²) in [6.07, 6.45) is 0. The first kappa shape index (κ1) is 21.4. The lowest BCUT2D eigenvalue weighted by molar-refractivity contribution is 0.00595. The van der Waals surface area contributed by atoms with E-state index in [1.165, 1.54) is 0 Å². The average molecular weight is 434 g/mol. The van der Waals surface area contributed by atoms with Gasteiger partial charge in [-0.2, -0.15) is 0 Å². The molecule has 32 heavy (non-hydrogen) atoms. The van der Waals surface area contributed by atoms with E-state index in [9.17, 15) is 14.4 Å². The third kappa shape index (κ3) is 3.47. The molecule has 2 heterocycles. The van der Waals surface area contributed by atoms with Gasteiger partial charge in [0.15, 0.2) is 5.69 Å². The molecule has 0 bridgehead atoms. The number of esters is 1. The predicted octanol–water partition coefficient (Wildman–Crippen LogP) is 3.19. The Morgan fingerprint density at radius 3 is 2.38 bits per heavy atom. The number of hydrogen-bond donors (Lipinski definition) is 1. The lowest BCUT2D eigenvalue weighted by atomic mass is 10.1. The Balaban J connectivity index is 2.16. The van der Waals surface area contributed by atoms with Crippen molar-refractivity contribution in [3.05, 3.63) is 69.0 Å². The number of rotatable bonds is 3. The highest BCUT2D eigenvalue weighted by atomic mass is 16.6. The molecule has 8 nitrogen and oxygen atoms in total. The van der Waals surface area contributed by atoms with Crippen LogP contribution < -0.4 is 16.1 Å². The van der Waals surface area contributed by atoms with Crippen molar-refractivity contribution in [1.82, 2.24) is 14.1 Å². The van der Waals surface area contributed by atoms with Crippen molar-refractivity contribution < 1.29 is 9.53 Å². The highest BCUT2D eigenvalue weighted by molar-refractivity contribution is 6.04. The van der Waals surface area contributed by atoms with Gasteiger partial charge >= 0.3 is 11.7 Å². The molecule has 0 saturated heterocycles. The Labute approximate surface area is 184 Å². The van der Waals surface area contributed by atoms with Crippen LogP contribution in [0.25, 0.3) is 27.5 Å². The molecule has 0 unspecified atom stereocenters. The maximum absolute atomic E-state index is 13.5. The number of H-pyrrole nitrogens is 1. The zero-order chi connectivity index (χ0) is 23.4. The van der Waals surface area contributed by atoms with Crippen LogP contribution in [0.2, 0.25) is 0 Å². The Hall–Kier alpha value is -3.81. The number of nitrogens with one attached hydrogen (secondary N) is 1. The standard InChI is InChI=1S/C24H26N4O4/c1-24(2,3)32-22(30)20-19(16-13-14(26(4)5)11-12-18(16)27(20)6)28-21(29)15-9-7-8-10-17(15)25-23(28)31/h7-13H,1-6H3,(H,25,31). The van der Waals surface area contributed by atoms with Gasteiger partial charge in [-0.3, -0.25) is 4.79 Å². The van der Waals surface area contributed by atoms with E-state index >= 15 is 0 Å². The van der Waals surface area contributed by atoms with E-state index in [1.54, 1.807) is 56.7 Å². The van der Waals surface area contributed by atoms with Crippen molar-refractivity contribution in [3.63, 3.8) is 0 Å². The molecule has 0 aliphatic heterocycles. The summed E-state index contributed by atoms with van der Waals surface area (Å²) < 4.78 is 8.34. The predicted molar refractivity (Wildman–Crippen MR) is 126 cm³/mol. The number of fused-ring (bicyclic) bond motifs is 2. The quantitative estimate of drug-likeness (QED) is 0.500. The summed E-state index contributed by atoms with van der Waals surface area (Å²) in [6.45, 7) is 5.31. The van der Waals surface area contributed by atoms with Crippen molar-refractivity contribution in [1.29, 1.82) is 0 Å². The Kier molecular flexibility index (Phi) is 4.96. The first-order valence-corrected chi connectivity index (χ1v) is 10.3. The number of anilines is 1. The van der Waals surface area contributed by atoms with Crippen LogP contribution in [0.1, 0.15) is 31.3 Å². The summed E-state index contributed by atoms with van der Waals surface area (Å²) in [6, 6.07) is 12.4. The lowest BCUT2D eigenvalue weighted by Gasteiger charge is -2.20. The fourth-order valence-corrected chi connectivity index (χ4v) is 3.84. The third-order valence-corrected chi connectivity index (χ3v) is 5.29. The van der Waals surface area contributed by atoms with Crippen molar-refractivity contribution in [2.75, 3.05) is 19.0 Å². The van der Waals surface area contributed by atoms with Gasteiger partial charge in [-0.25, -0.2) is 14.2 Å². The van der Waals surface area contributed by atoms with Crippen molar-refractivity contribution in [2.24, 2.45) is 7.05 Å². The molecule has 2 aromatic carbocycles. The Morgan fingerprint density at radius 2 is 1.72 bits per heavy atom. The van der Waals surface area contributed by atoms with Gasteiger partial charge in [0, 0.05) is 32.2 Å². The number of carbonyl (C=O) groups excluding carboxylic acids is 1. The number of aromatic amines is 1. The first-order valence-electron chi connectivity index (χ1n) is 10.3. The molecule has 0 atom stereocenters. The molecule has 2 aromatic heterocycles. The number of aromatic nitrogens is 3. The Morgan fingerprint density at radius 1 is 1.03 bits per heavy atom. The van der Waals surface area contributed by atoms with Crippen LogP contribution in [0.5, 0.6) is 0 Å². The van der Waals surface area contributed by atoms with E-state index < -0.39 is 22.8 Å². The van der Waals surface area contributed by atoms with E-state index in [0.29, 0.717) is 21.8 Å². The minimum Gasteiger partial charge on any atom is -0.455 e. The second kappa shape index (κ2) is 7.40. The topological polar surface area (TPSA) is 89.3 Å². The third-order valence-electron chi connectivity index (χ3n) is 5.29. The van der Waals surface area contributed by atoms with E-state index in [1.807, 2.05) is 37.2 Å². The van der Waals surface area contributed by atoms with Gasteiger partial charge < -0.3 is 19.2 Å². The number of ether oxygens (including phenoxy) is 1. The molecule has 4 rings (SSSR count). The highest BCUT2D eigenvalue weighted by Crippen LogP contribution is 2.32. The van der Waals surface area contributed by atoms with Gasteiger partial charge in [0.05, 0.1) is 22.1 Å². The highest BCUT2D eigenvalue weighted by Gasteiger charge is 2.29. The number of para-hydroxylation sites is 1. The van der Waals surface area contributed by atoms with Crippen LogP contribution in [0.15, 0.2) is 52.1 Å². The van der Waals surface area contributed by atoms with Gasteiger partial charge in [0.25, 0.3) is 5.56 Å². The fourth-order valence-electron chi connectivity index (χ4n) is 3.84. The number of hydrogen-bond acceptors (Lipinski definition) is 5. The summed E-state index contributed by atoms with van der Waals surface area (Å²) in [7, 11) is 5.52. The molecular weight excluding hydrogens is 408 g/mol. The van der Waals surface area contributed by atoms with Crippen molar-refractivity contribution >= 4 is 33.5 Å². The molecule has 8 heteroatoms. The molecule has 4 aromatic rings. The van der Waals surface area contributed by atoms with Gasteiger partial charge in [0.2, 0.25) is 0 Å². The molecule has 0 fully saturated rings. The minimum atomic E-state index is -0.750. The van der Waals surface area contributed by atoms with Crippen LogP contribution in [0.4, 0.5) is 5.69 Å². The van der Waals surface area contributed by atoms with E-state index in [2.05, 4.69) is 4.98 Å². The lowest BCUT2D eigenvalue weighted by Crippen LogP contribution is -2.35. The molecule has 0 spiro atoms. The average Bonchev–Trinajstić information content (AvgIpc) is 2.99. The number of aryl methyl sites for hydroxylation is 1. The SMILES string of the molecule is CN(C)c1ccc2c(c1)c(-n1c(=O)[nH]c3ccccc3c1=O)c(C(=O)OC(C)(C)C)n2C. The fraction of sp³-hybridized carbons (Fsp3) is 0.292. The summed E-state index contributed by atoms with van der Waals surface area (Å²) in [4.78, 5) is 44.5. The van der Waals surface area contributed by atoms with E-state index in [-0.39, 0.29) is 11.4 Å².